The third kappa shape index (κ3) is 2.71. The molecular weight excluding hydrogens is 304 g/mol. The van der Waals surface area contributed by atoms with Crippen molar-refractivity contribution in [2.24, 2.45) is 5.92 Å². The molecular formula is C18H18N4O2. The van der Waals surface area contributed by atoms with E-state index >= 15 is 0 Å². The number of hydrogen-bond donors (Lipinski definition) is 0. The van der Waals surface area contributed by atoms with Crippen LogP contribution in [0, 0.1) is 5.92 Å². The Bertz CT molecular complexity index is 832. The summed E-state index contributed by atoms with van der Waals surface area (Å²) in [7, 11) is 1.67. The molecule has 1 aliphatic rings. The zero-order chi connectivity index (χ0) is 16.4. The SMILES string of the molecule is COc1cccc2c1OCC(Cn1ccnc1-c1cncnc1)C2. The molecule has 4 rings (SSSR count). The van der Waals surface area contributed by atoms with Crippen LogP contribution in [0.5, 0.6) is 11.5 Å². The minimum absolute atomic E-state index is 0.377. The zero-order valence-electron chi connectivity index (χ0n) is 13.4. The maximum Gasteiger partial charge on any atom is 0.164 e. The fraction of sp³-hybridized carbons (Fsp3) is 0.278. The summed E-state index contributed by atoms with van der Waals surface area (Å²) in [6.45, 7) is 1.50. The maximum absolute atomic E-state index is 5.97. The number of rotatable bonds is 4. The predicted molar refractivity (Wildman–Crippen MR) is 88.9 cm³/mol. The van der Waals surface area contributed by atoms with Crippen molar-refractivity contribution in [2.75, 3.05) is 13.7 Å². The molecule has 0 N–H and O–H groups in total. The van der Waals surface area contributed by atoms with Gasteiger partial charge in [-0.05, 0) is 18.1 Å². The third-order valence-corrected chi connectivity index (χ3v) is 4.24. The molecule has 122 valence electrons. The van der Waals surface area contributed by atoms with Crippen LogP contribution in [0.25, 0.3) is 11.4 Å². The maximum atomic E-state index is 5.97. The number of fused-ring (bicyclic) bond motifs is 1. The minimum atomic E-state index is 0.377. The van der Waals surface area contributed by atoms with Crippen LogP contribution in [0.1, 0.15) is 5.56 Å². The third-order valence-electron chi connectivity index (χ3n) is 4.24. The largest absolute Gasteiger partial charge is 0.493 e. The van der Waals surface area contributed by atoms with Gasteiger partial charge in [0.05, 0.1) is 19.3 Å². The molecule has 0 fully saturated rings. The lowest BCUT2D eigenvalue weighted by molar-refractivity contribution is 0.198. The van der Waals surface area contributed by atoms with Crippen LogP contribution < -0.4 is 9.47 Å². The van der Waals surface area contributed by atoms with Crippen molar-refractivity contribution in [3.63, 3.8) is 0 Å². The monoisotopic (exact) mass is 322 g/mol. The van der Waals surface area contributed by atoms with Crippen LogP contribution in [0.4, 0.5) is 0 Å². The molecule has 3 aromatic rings. The van der Waals surface area contributed by atoms with E-state index in [-0.39, 0.29) is 0 Å². The van der Waals surface area contributed by atoms with Gasteiger partial charge in [0, 0.05) is 37.3 Å². The Morgan fingerprint density at radius 2 is 2.17 bits per heavy atom. The Morgan fingerprint density at radius 3 is 3.00 bits per heavy atom. The number of hydrogen-bond acceptors (Lipinski definition) is 5. The van der Waals surface area contributed by atoms with Gasteiger partial charge >= 0.3 is 0 Å². The summed E-state index contributed by atoms with van der Waals surface area (Å²) in [5.41, 5.74) is 2.11. The summed E-state index contributed by atoms with van der Waals surface area (Å²) in [6.07, 6.45) is 9.84. The first-order chi connectivity index (χ1) is 11.8. The van der Waals surface area contributed by atoms with Crippen LogP contribution in [0.2, 0.25) is 0 Å². The van der Waals surface area contributed by atoms with E-state index in [4.69, 9.17) is 9.47 Å². The van der Waals surface area contributed by atoms with Gasteiger partial charge in [-0.25, -0.2) is 15.0 Å². The van der Waals surface area contributed by atoms with Crippen LogP contribution in [0.3, 0.4) is 0 Å². The van der Waals surface area contributed by atoms with E-state index in [1.165, 1.54) is 11.9 Å². The Hall–Kier alpha value is -2.89. The second-order valence-corrected chi connectivity index (χ2v) is 5.86. The Kier molecular flexibility index (Phi) is 3.86. The highest BCUT2D eigenvalue weighted by Gasteiger charge is 2.23. The first-order valence-corrected chi connectivity index (χ1v) is 7.90. The quantitative estimate of drug-likeness (QED) is 0.739. The molecule has 0 amide bonds. The van der Waals surface area contributed by atoms with Gasteiger partial charge in [-0.1, -0.05) is 12.1 Å². The molecule has 2 aromatic heterocycles. The lowest BCUT2D eigenvalue weighted by Gasteiger charge is -2.27. The molecule has 0 saturated carbocycles. The Balaban J connectivity index is 1.55. The molecule has 6 heteroatoms. The lowest BCUT2D eigenvalue weighted by Crippen LogP contribution is -2.25. The second kappa shape index (κ2) is 6.31. The predicted octanol–water partition coefficient (Wildman–Crippen LogP) is 2.60. The van der Waals surface area contributed by atoms with Crippen LogP contribution >= 0.6 is 0 Å². The Labute approximate surface area is 140 Å². The van der Waals surface area contributed by atoms with E-state index in [1.54, 1.807) is 19.5 Å². The standard InChI is InChI=1S/C18H18N4O2/c1-23-16-4-2-3-14-7-13(11-24-17(14)16)10-22-6-5-21-18(22)15-8-19-12-20-9-15/h2-6,8-9,12-13H,7,10-11H2,1H3. The minimum Gasteiger partial charge on any atom is -0.493 e. The topological polar surface area (TPSA) is 62.1 Å². The van der Waals surface area contributed by atoms with Gasteiger partial charge < -0.3 is 14.0 Å². The van der Waals surface area contributed by atoms with Crippen molar-refractivity contribution in [1.29, 1.82) is 0 Å². The number of methoxy groups -OCH3 is 1. The summed E-state index contributed by atoms with van der Waals surface area (Å²) in [5.74, 6) is 2.93. The van der Waals surface area contributed by atoms with E-state index in [9.17, 15) is 0 Å². The van der Waals surface area contributed by atoms with Gasteiger partial charge in [0.1, 0.15) is 12.2 Å². The number of ether oxygens (including phenoxy) is 2. The highest BCUT2D eigenvalue weighted by atomic mass is 16.5. The van der Waals surface area contributed by atoms with E-state index in [1.807, 2.05) is 24.5 Å². The molecule has 1 aromatic carbocycles. The van der Waals surface area contributed by atoms with E-state index in [0.29, 0.717) is 12.5 Å². The van der Waals surface area contributed by atoms with E-state index in [2.05, 4.69) is 25.6 Å². The molecule has 1 atom stereocenters. The van der Waals surface area contributed by atoms with Gasteiger partial charge in [0.15, 0.2) is 11.5 Å². The normalized spacial score (nSPS) is 16.3. The highest BCUT2D eigenvalue weighted by Crippen LogP contribution is 2.36. The summed E-state index contributed by atoms with van der Waals surface area (Å²) < 4.78 is 13.5. The van der Waals surface area contributed by atoms with Crippen LogP contribution in [0.15, 0.2) is 49.3 Å². The van der Waals surface area contributed by atoms with Crippen molar-refractivity contribution >= 4 is 0 Å². The fourth-order valence-electron chi connectivity index (χ4n) is 3.14. The number of imidazole rings is 1. The van der Waals surface area contributed by atoms with Gasteiger partial charge in [-0.15, -0.1) is 0 Å². The zero-order valence-corrected chi connectivity index (χ0v) is 13.4. The van der Waals surface area contributed by atoms with Crippen LogP contribution in [-0.2, 0) is 13.0 Å². The molecule has 0 aliphatic carbocycles. The molecule has 1 unspecified atom stereocenters. The smallest absolute Gasteiger partial charge is 0.164 e. The molecule has 0 spiro atoms. The molecule has 0 radical (unpaired) electrons. The second-order valence-electron chi connectivity index (χ2n) is 5.86. The molecule has 1 aliphatic heterocycles. The molecule has 0 saturated heterocycles. The highest BCUT2D eigenvalue weighted by molar-refractivity contribution is 5.52. The lowest BCUT2D eigenvalue weighted by atomic mass is 9.96. The van der Waals surface area contributed by atoms with E-state index in [0.717, 1.165) is 35.9 Å². The van der Waals surface area contributed by atoms with E-state index < -0.39 is 0 Å². The fourth-order valence-corrected chi connectivity index (χ4v) is 3.14. The van der Waals surface area contributed by atoms with Gasteiger partial charge in [-0.3, -0.25) is 0 Å². The molecule has 6 nitrogen and oxygen atoms in total. The Morgan fingerprint density at radius 1 is 1.29 bits per heavy atom. The van der Waals surface area contributed by atoms with Crippen molar-refractivity contribution in [1.82, 2.24) is 19.5 Å². The number of para-hydroxylation sites is 1. The van der Waals surface area contributed by atoms with Crippen molar-refractivity contribution in [3.05, 3.63) is 54.9 Å². The summed E-state index contributed by atoms with van der Waals surface area (Å²) in [6, 6.07) is 6.04. The van der Waals surface area contributed by atoms with Crippen molar-refractivity contribution in [2.45, 2.75) is 13.0 Å². The number of aromatic nitrogens is 4. The average Bonchev–Trinajstić information content (AvgIpc) is 3.10. The van der Waals surface area contributed by atoms with Crippen molar-refractivity contribution in [3.8, 4) is 22.9 Å². The van der Waals surface area contributed by atoms with Crippen molar-refractivity contribution < 1.29 is 9.47 Å². The molecule has 3 heterocycles. The summed E-state index contributed by atoms with van der Waals surface area (Å²) in [5, 5.41) is 0. The first-order valence-electron chi connectivity index (χ1n) is 7.90. The first kappa shape index (κ1) is 14.7. The van der Waals surface area contributed by atoms with Gasteiger partial charge in [0.25, 0.3) is 0 Å². The summed E-state index contributed by atoms with van der Waals surface area (Å²) in [4.78, 5) is 12.6. The molecule has 24 heavy (non-hydrogen) atoms. The number of benzene rings is 1. The average molecular weight is 322 g/mol. The van der Waals surface area contributed by atoms with Crippen LogP contribution in [-0.4, -0.2) is 33.2 Å². The van der Waals surface area contributed by atoms with Gasteiger partial charge in [0.2, 0.25) is 0 Å². The number of nitrogens with zero attached hydrogens (tertiary/aromatic N) is 4. The molecule has 0 bridgehead atoms. The van der Waals surface area contributed by atoms with Gasteiger partial charge in [-0.2, -0.15) is 0 Å². The summed E-state index contributed by atoms with van der Waals surface area (Å²) >= 11 is 0.